The number of aromatic nitrogens is 1. The standard InChI is InChI=1S/C29H34N2O4Si/c1-28(2,3)36(22-12-8-6-9-13-22,23-14-10-7-11-15-23)35-29-17-21(18-29)30-26-24(29)16-20(19-32)25(31-26)27(33-4)34-5/h6-16,19,21,27H,17-18H2,1-5H3,(H,30,31). The SMILES string of the molecule is COC(OC)c1nc2c(cc1C=O)C1(O[Si](c3ccccc3)(c3ccccc3)C(C)(C)C)CC(C1)N2. The summed E-state index contributed by atoms with van der Waals surface area (Å²) in [5.74, 6) is 0.745. The van der Waals surface area contributed by atoms with E-state index in [0.29, 0.717) is 11.3 Å². The van der Waals surface area contributed by atoms with Crippen molar-refractivity contribution >= 4 is 30.8 Å². The Balaban J connectivity index is 1.70. The zero-order valence-electron chi connectivity index (χ0n) is 21.6. The molecule has 7 heteroatoms. The summed E-state index contributed by atoms with van der Waals surface area (Å²) in [7, 11) is 0.278. The van der Waals surface area contributed by atoms with Crippen molar-refractivity contribution in [1.29, 1.82) is 0 Å². The number of anilines is 1. The largest absolute Gasteiger partial charge is 0.398 e. The van der Waals surface area contributed by atoms with E-state index in [4.69, 9.17) is 18.9 Å². The van der Waals surface area contributed by atoms with Gasteiger partial charge in [-0.05, 0) is 21.5 Å². The van der Waals surface area contributed by atoms with Gasteiger partial charge in [0.05, 0.1) is 5.60 Å². The molecule has 188 valence electrons. The maximum atomic E-state index is 12.2. The maximum absolute atomic E-state index is 12.2. The van der Waals surface area contributed by atoms with Crippen molar-refractivity contribution in [1.82, 2.24) is 4.98 Å². The van der Waals surface area contributed by atoms with Crippen LogP contribution in [0.1, 0.15) is 61.5 Å². The van der Waals surface area contributed by atoms with Gasteiger partial charge in [0, 0.05) is 44.2 Å². The predicted octanol–water partition coefficient (Wildman–Crippen LogP) is 4.55. The molecular formula is C29H34N2O4Si. The van der Waals surface area contributed by atoms with Gasteiger partial charge in [0.15, 0.2) is 6.29 Å². The van der Waals surface area contributed by atoms with Crippen LogP contribution in [0, 0.1) is 0 Å². The zero-order valence-corrected chi connectivity index (χ0v) is 22.6. The summed E-state index contributed by atoms with van der Waals surface area (Å²) in [6, 6.07) is 23.5. The molecule has 6 rings (SSSR count). The van der Waals surface area contributed by atoms with Crippen LogP contribution in [-0.2, 0) is 19.5 Å². The molecule has 1 saturated carbocycles. The average molecular weight is 503 g/mol. The molecule has 0 unspecified atom stereocenters. The fourth-order valence-corrected chi connectivity index (χ4v) is 10.7. The van der Waals surface area contributed by atoms with Crippen molar-refractivity contribution in [2.45, 2.75) is 56.6 Å². The van der Waals surface area contributed by atoms with Crippen LogP contribution < -0.4 is 15.7 Å². The molecule has 3 aliphatic rings. The van der Waals surface area contributed by atoms with Gasteiger partial charge in [0.25, 0.3) is 8.32 Å². The lowest BCUT2D eigenvalue weighted by Gasteiger charge is -2.58. The molecule has 6 nitrogen and oxygen atoms in total. The smallest absolute Gasteiger partial charge is 0.262 e. The summed E-state index contributed by atoms with van der Waals surface area (Å²) in [6.07, 6.45) is 1.78. The molecule has 1 aromatic heterocycles. The first-order chi connectivity index (χ1) is 17.3. The number of ether oxygens (including phenoxy) is 2. The molecule has 1 fully saturated rings. The van der Waals surface area contributed by atoms with Gasteiger partial charge < -0.3 is 19.2 Å². The van der Waals surface area contributed by atoms with E-state index in [1.165, 1.54) is 10.4 Å². The number of rotatable bonds is 8. The van der Waals surface area contributed by atoms with Gasteiger partial charge >= 0.3 is 0 Å². The molecule has 36 heavy (non-hydrogen) atoms. The number of carbonyl (C=O) groups is 1. The van der Waals surface area contributed by atoms with Crippen molar-refractivity contribution in [3.8, 4) is 0 Å². The van der Waals surface area contributed by atoms with Crippen LogP contribution >= 0.6 is 0 Å². The number of aldehydes is 1. The van der Waals surface area contributed by atoms with E-state index in [1.54, 1.807) is 14.2 Å². The van der Waals surface area contributed by atoms with Crippen LogP contribution in [0.3, 0.4) is 0 Å². The minimum Gasteiger partial charge on any atom is -0.398 e. The molecule has 0 spiro atoms. The second-order valence-electron chi connectivity index (χ2n) is 10.8. The predicted molar refractivity (Wildman–Crippen MR) is 143 cm³/mol. The summed E-state index contributed by atoms with van der Waals surface area (Å²) in [5, 5.41) is 5.87. The average Bonchev–Trinajstić information content (AvgIpc) is 2.87. The fraction of sp³-hybridized carbons (Fsp3) is 0.379. The van der Waals surface area contributed by atoms with Crippen LogP contribution in [-0.4, -0.2) is 39.8 Å². The molecule has 2 aliphatic heterocycles. The van der Waals surface area contributed by atoms with E-state index in [1.807, 2.05) is 6.07 Å². The number of benzene rings is 2. The van der Waals surface area contributed by atoms with Crippen molar-refractivity contribution < 1.29 is 18.7 Å². The van der Waals surface area contributed by atoms with E-state index in [-0.39, 0.29) is 11.1 Å². The van der Waals surface area contributed by atoms with Crippen LogP contribution in [0.15, 0.2) is 66.7 Å². The maximum Gasteiger partial charge on any atom is 0.262 e. The van der Waals surface area contributed by atoms with Crippen molar-refractivity contribution in [2.24, 2.45) is 0 Å². The summed E-state index contributed by atoms with van der Waals surface area (Å²) in [6.45, 7) is 6.86. The van der Waals surface area contributed by atoms with E-state index in [9.17, 15) is 4.79 Å². The summed E-state index contributed by atoms with van der Waals surface area (Å²) >= 11 is 0. The first-order valence-corrected chi connectivity index (χ1v) is 14.3. The first-order valence-electron chi connectivity index (χ1n) is 12.4. The Hall–Kier alpha value is -2.84. The molecule has 0 amide bonds. The van der Waals surface area contributed by atoms with Crippen LogP contribution in [0.4, 0.5) is 5.82 Å². The highest BCUT2D eigenvalue weighted by atomic mass is 28.4. The number of nitrogens with zero attached hydrogens (tertiary/aromatic N) is 1. The lowest BCUT2D eigenvalue weighted by atomic mass is 9.68. The highest BCUT2D eigenvalue weighted by Gasteiger charge is 2.61. The second kappa shape index (κ2) is 9.23. The highest BCUT2D eigenvalue weighted by Crippen LogP contribution is 2.56. The zero-order chi connectivity index (χ0) is 25.6. The highest BCUT2D eigenvalue weighted by molar-refractivity contribution is 6.99. The minimum atomic E-state index is -2.81. The number of hydrogen-bond donors (Lipinski definition) is 1. The van der Waals surface area contributed by atoms with Gasteiger partial charge in [0.2, 0.25) is 6.29 Å². The summed E-state index contributed by atoms with van der Waals surface area (Å²) in [4.78, 5) is 17.0. The topological polar surface area (TPSA) is 69.7 Å². The van der Waals surface area contributed by atoms with Crippen LogP contribution in [0.2, 0.25) is 5.04 Å². The van der Waals surface area contributed by atoms with E-state index in [0.717, 1.165) is 30.5 Å². The summed E-state index contributed by atoms with van der Waals surface area (Å²) < 4.78 is 18.5. The van der Waals surface area contributed by atoms with Gasteiger partial charge in [-0.15, -0.1) is 0 Å². The van der Waals surface area contributed by atoms with Gasteiger partial charge in [-0.1, -0.05) is 81.4 Å². The normalized spacial score (nSPS) is 20.9. The Labute approximate surface area is 214 Å². The monoisotopic (exact) mass is 502 g/mol. The molecule has 3 heterocycles. The van der Waals surface area contributed by atoms with E-state index < -0.39 is 20.2 Å². The van der Waals surface area contributed by atoms with Crippen LogP contribution in [0.5, 0.6) is 0 Å². The Bertz CT molecular complexity index is 1190. The number of hydrogen-bond acceptors (Lipinski definition) is 6. The first kappa shape index (κ1) is 24.8. The molecule has 0 radical (unpaired) electrons. The van der Waals surface area contributed by atoms with Crippen LogP contribution in [0.25, 0.3) is 0 Å². The Morgan fingerprint density at radius 1 is 1.00 bits per heavy atom. The van der Waals surface area contributed by atoms with Gasteiger partial charge in [-0.2, -0.15) is 0 Å². The Morgan fingerprint density at radius 3 is 2.03 bits per heavy atom. The lowest BCUT2D eigenvalue weighted by Crippen LogP contribution is -2.72. The van der Waals surface area contributed by atoms with Gasteiger partial charge in [-0.25, -0.2) is 4.98 Å². The number of pyridine rings is 1. The Kier molecular flexibility index (Phi) is 6.37. The molecule has 0 saturated heterocycles. The molecule has 0 atom stereocenters. The molecule has 3 aromatic rings. The Morgan fingerprint density at radius 2 is 1.56 bits per heavy atom. The van der Waals surface area contributed by atoms with Crippen molar-refractivity contribution in [3.05, 3.63) is 83.6 Å². The lowest BCUT2D eigenvalue weighted by molar-refractivity contribution is -0.109. The van der Waals surface area contributed by atoms with E-state index in [2.05, 4.69) is 86.8 Å². The van der Waals surface area contributed by atoms with Crippen molar-refractivity contribution in [2.75, 3.05) is 19.5 Å². The molecule has 2 aromatic carbocycles. The molecule has 1 N–H and O–H groups in total. The third-order valence-electron chi connectivity index (χ3n) is 7.61. The van der Waals surface area contributed by atoms with Gasteiger partial charge in [0.1, 0.15) is 11.5 Å². The van der Waals surface area contributed by atoms with Gasteiger partial charge in [-0.3, -0.25) is 4.79 Å². The second-order valence-corrected chi connectivity index (χ2v) is 15.0. The number of carbonyl (C=O) groups excluding carboxylic acids is 1. The molecule has 1 aliphatic carbocycles. The third-order valence-corrected chi connectivity index (χ3v) is 12.7. The molecular weight excluding hydrogens is 468 g/mol. The fourth-order valence-electron chi connectivity index (χ4n) is 5.94. The van der Waals surface area contributed by atoms with Crippen molar-refractivity contribution in [3.63, 3.8) is 0 Å². The number of nitrogens with one attached hydrogen (secondary N) is 1. The minimum absolute atomic E-state index is 0.154. The van der Waals surface area contributed by atoms with E-state index >= 15 is 0 Å². The third kappa shape index (κ3) is 3.82. The molecule has 2 bridgehead atoms. The number of methoxy groups -OCH3 is 2. The quantitative estimate of drug-likeness (QED) is 0.277. The summed E-state index contributed by atoms with van der Waals surface area (Å²) in [5.41, 5.74) is 1.34.